The van der Waals surface area contributed by atoms with Gasteiger partial charge in [0.2, 0.25) is 5.91 Å². The molecule has 0 saturated carbocycles. The third-order valence-electron chi connectivity index (χ3n) is 2.96. The van der Waals surface area contributed by atoms with Gasteiger partial charge in [0.15, 0.2) is 6.61 Å². The SMILES string of the molecule is N#CCOc1ccc(CC(=O)NS(=O)(=O)c2ccc(F)cc2)cc1. The summed E-state index contributed by atoms with van der Waals surface area (Å²) >= 11 is 0. The van der Waals surface area contributed by atoms with E-state index in [4.69, 9.17) is 10.00 Å². The Morgan fingerprint density at radius 1 is 1.12 bits per heavy atom. The van der Waals surface area contributed by atoms with Crippen molar-refractivity contribution in [2.75, 3.05) is 6.61 Å². The number of nitrogens with one attached hydrogen (secondary N) is 1. The van der Waals surface area contributed by atoms with Gasteiger partial charge in [0, 0.05) is 0 Å². The van der Waals surface area contributed by atoms with E-state index in [1.54, 1.807) is 24.3 Å². The van der Waals surface area contributed by atoms with Crippen molar-refractivity contribution in [3.05, 3.63) is 59.9 Å². The summed E-state index contributed by atoms with van der Waals surface area (Å²) in [6, 6.07) is 12.3. The number of hydrogen-bond donors (Lipinski definition) is 1. The van der Waals surface area contributed by atoms with E-state index in [0.29, 0.717) is 11.3 Å². The van der Waals surface area contributed by atoms with E-state index in [-0.39, 0.29) is 17.9 Å². The van der Waals surface area contributed by atoms with Crippen molar-refractivity contribution in [2.24, 2.45) is 0 Å². The molecule has 0 aliphatic heterocycles. The fourth-order valence-electron chi connectivity index (χ4n) is 1.86. The minimum absolute atomic E-state index is 0.0876. The number of carbonyl (C=O) groups excluding carboxylic acids is 1. The van der Waals surface area contributed by atoms with Crippen LogP contribution in [0.4, 0.5) is 4.39 Å². The molecular formula is C16H13FN2O4S. The third-order valence-corrected chi connectivity index (χ3v) is 4.35. The minimum atomic E-state index is -4.04. The van der Waals surface area contributed by atoms with Crippen LogP contribution in [0.5, 0.6) is 5.75 Å². The number of amides is 1. The van der Waals surface area contributed by atoms with Gasteiger partial charge in [-0.25, -0.2) is 17.5 Å². The summed E-state index contributed by atoms with van der Waals surface area (Å²) in [6.07, 6.45) is -0.154. The molecule has 8 heteroatoms. The average molecular weight is 348 g/mol. The lowest BCUT2D eigenvalue weighted by atomic mass is 10.1. The molecule has 0 atom stereocenters. The van der Waals surface area contributed by atoms with Gasteiger partial charge in [0.1, 0.15) is 17.6 Å². The smallest absolute Gasteiger partial charge is 0.264 e. The molecule has 24 heavy (non-hydrogen) atoms. The highest BCUT2D eigenvalue weighted by molar-refractivity contribution is 7.90. The number of rotatable bonds is 6. The Morgan fingerprint density at radius 2 is 1.75 bits per heavy atom. The number of nitriles is 1. The first-order chi connectivity index (χ1) is 11.4. The number of halogens is 1. The fourth-order valence-corrected chi connectivity index (χ4v) is 2.85. The van der Waals surface area contributed by atoms with Crippen molar-refractivity contribution in [3.8, 4) is 11.8 Å². The second-order valence-electron chi connectivity index (χ2n) is 4.75. The van der Waals surface area contributed by atoms with Crippen molar-refractivity contribution >= 4 is 15.9 Å². The van der Waals surface area contributed by atoms with Gasteiger partial charge in [0.25, 0.3) is 10.0 Å². The lowest BCUT2D eigenvalue weighted by molar-refractivity contribution is -0.118. The summed E-state index contributed by atoms with van der Waals surface area (Å²) in [5.41, 5.74) is 0.575. The maximum atomic E-state index is 12.8. The molecule has 0 aliphatic rings. The Morgan fingerprint density at radius 3 is 2.33 bits per heavy atom. The molecule has 2 aromatic carbocycles. The molecule has 0 aliphatic carbocycles. The summed E-state index contributed by atoms with van der Waals surface area (Å²) in [6.45, 7) is -0.0876. The summed E-state index contributed by atoms with van der Waals surface area (Å²) in [4.78, 5) is 11.7. The molecule has 0 heterocycles. The van der Waals surface area contributed by atoms with E-state index in [9.17, 15) is 17.6 Å². The van der Waals surface area contributed by atoms with E-state index in [1.165, 1.54) is 0 Å². The Labute approximate surface area is 138 Å². The largest absolute Gasteiger partial charge is 0.479 e. The van der Waals surface area contributed by atoms with Crippen molar-refractivity contribution in [1.82, 2.24) is 4.72 Å². The van der Waals surface area contributed by atoms with Crippen LogP contribution in [-0.4, -0.2) is 20.9 Å². The first kappa shape index (κ1) is 17.4. The first-order valence-electron chi connectivity index (χ1n) is 6.80. The number of sulfonamides is 1. The van der Waals surface area contributed by atoms with E-state index in [2.05, 4.69) is 0 Å². The molecule has 0 fully saturated rings. The van der Waals surface area contributed by atoms with Crippen molar-refractivity contribution in [1.29, 1.82) is 5.26 Å². The molecule has 2 aromatic rings. The fraction of sp³-hybridized carbons (Fsp3) is 0.125. The highest BCUT2D eigenvalue weighted by Crippen LogP contribution is 2.13. The van der Waals surface area contributed by atoms with Crippen LogP contribution in [0.3, 0.4) is 0 Å². The third kappa shape index (κ3) is 4.79. The van der Waals surface area contributed by atoms with Crippen LogP contribution in [0.2, 0.25) is 0 Å². The van der Waals surface area contributed by atoms with E-state index in [0.717, 1.165) is 24.3 Å². The van der Waals surface area contributed by atoms with Crippen LogP contribution in [0, 0.1) is 17.1 Å². The highest BCUT2D eigenvalue weighted by atomic mass is 32.2. The molecule has 1 amide bonds. The molecule has 0 aromatic heterocycles. The predicted molar refractivity (Wildman–Crippen MR) is 83.0 cm³/mol. The van der Waals surface area contributed by atoms with E-state index < -0.39 is 21.7 Å². The van der Waals surface area contributed by atoms with Crippen molar-refractivity contribution in [3.63, 3.8) is 0 Å². The van der Waals surface area contributed by atoms with Crippen LogP contribution in [-0.2, 0) is 21.2 Å². The lowest BCUT2D eigenvalue weighted by Crippen LogP contribution is -2.31. The predicted octanol–water partition coefficient (Wildman–Crippen LogP) is 1.78. The zero-order valence-corrected chi connectivity index (χ0v) is 13.2. The maximum Gasteiger partial charge on any atom is 0.264 e. The molecule has 6 nitrogen and oxygen atoms in total. The number of benzene rings is 2. The quantitative estimate of drug-likeness (QED) is 0.858. The van der Waals surface area contributed by atoms with Crippen LogP contribution < -0.4 is 9.46 Å². The number of nitrogens with zero attached hydrogens (tertiary/aromatic N) is 1. The van der Waals surface area contributed by atoms with Gasteiger partial charge >= 0.3 is 0 Å². The zero-order chi connectivity index (χ0) is 17.6. The van der Waals surface area contributed by atoms with Crippen molar-refractivity contribution in [2.45, 2.75) is 11.3 Å². The topological polar surface area (TPSA) is 96.3 Å². The van der Waals surface area contributed by atoms with E-state index in [1.807, 2.05) is 10.8 Å². The maximum absolute atomic E-state index is 12.8. The van der Waals surface area contributed by atoms with Gasteiger partial charge in [-0.05, 0) is 42.0 Å². The summed E-state index contributed by atoms with van der Waals surface area (Å²) in [7, 11) is -4.04. The van der Waals surface area contributed by atoms with Crippen LogP contribution in [0.1, 0.15) is 5.56 Å². The van der Waals surface area contributed by atoms with Crippen molar-refractivity contribution < 1.29 is 22.3 Å². The molecular weight excluding hydrogens is 335 g/mol. The second kappa shape index (κ2) is 7.57. The van der Waals surface area contributed by atoms with Gasteiger partial charge in [0.05, 0.1) is 11.3 Å². The molecule has 0 bridgehead atoms. The number of ether oxygens (including phenoxy) is 1. The summed E-state index contributed by atoms with van der Waals surface area (Å²) in [5, 5.41) is 8.41. The number of hydrogen-bond acceptors (Lipinski definition) is 5. The van der Waals surface area contributed by atoms with Gasteiger partial charge in [-0.3, -0.25) is 4.79 Å². The molecule has 2 rings (SSSR count). The van der Waals surface area contributed by atoms with E-state index >= 15 is 0 Å². The second-order valence-corrected chi connectivity index (χ2v) is 6.43. The molecule has 1 N–H and O–H groups in total. The zero-order valence-electron chi connectivity index (χ0n) is 12.4. The van der Waals surface area contributed by atoms with Gasteiger partial charge in [-0.15, -0.1) is 0 Å². The summed E-state index contributed by atoms with van der Waals surface area (Å²) in [5.74, 6) is -0.816. The first-order valence-corrected chi connectivity index (χ1v) is 8.29. The number of carbonyl (C=O) groups is 1. The van der Waals surface area contributed by atoms with Gasteiger partial charge in [-0.2, -0.15) is 5.26 Å². The Hall–Kier alpha value is -2.92. The van der Waals surface area contributed by atoms with Crippen LogP contribution in [0.15, 0.2) is 53.4 Å². The summed E-state index contributed by atoms with van der Waals surface area (Å²) < 4.78 is 43.8. The lowest BCUT2D eigenvalue weighted by Gasteiger charge is -2.07. The van der Waals surface area contributed by atoms with Crippen LogP contribution in [0.25, 0.3) is 0 Å². The Kier molecular flexibility index (Phi) is 5.50. The molecule has 124 valence electrons. The van der Waals surface area contributed by atoms with Gasteiger partial charge < -0.3 is 4.74 Å². The highest BCUT2D eigenvalue weighted by Gasteiger charge is 2.17. The molecule has 0 saturated heterocycles. The van der Waals surface area contributed by atoms with Gasteiger partial charge in [-0.1, -0.05) is 12.1 Å². The van der Waals surface area contributed by atoms with Crippen LogP contribution >= 0.6 is 0 Å². The molecule has 0 spiro atoms. The standard InChI is InChI=1S/C16H13FN2O4S/c17-13-3-7-15(8-4-13)24(21,22)19-16(20)11-12-1-5-14(6-2-12)23-10-9-18/h1-8H,10-11H2,(H,19,20). The molecule has 0 radical (unpaired) electrons. The Bertz CT molecular complexity index is 856. The molecule has 0 unspecified atom stereocenters. The average Bonchev–Trinajstić information content (AvgIpc) is 2.54. The normalized spacial score (nSPS) is 10.7. The minimum Gasteiger partial charge on any atom is -0.479 e. The Balaban J connectivity index is 1.99. The monoisotopic (exact) mass is 348 g/mol.